The zero-order chi connectivity index (χ0) is 26.3. The van der Waals surface area contributed by atoms with Crippen molar-refractivity contribution in [3.05, 3.63) is 70.8 Å². The summed E-state index contributed by atoms with van der Waals surface area (Å²) >= 11 is 0. The molecule has 0 aromatic heterocycles. The number of methoxy groups -OCH3 is 2. The zero-order valence-electron chi connectivity index (χ0n) is 20.5. The number of hydrogen-bond donors (Lipinski definition) is 0. The second-order valence-electron chi connectivity index (χ2n) is 9.37. The number of nitriles is 2. The molecule has 0 unspecified atom stereocenters. The SMILES string of the molecule is COC(=O)[C@]12CN(C)C[C@](C(=O)OC)(C1=O)[C@@H](c1cccc(C#N)c1)N(C)[C@H]2c1cccc(C#N)c1. The van der Waals surface area contributed by atoms with Crippen LogP contribution in [0.25, 0.3) is 0 Å². The first-order chi connectivity index (χ1) is 17.2. The number of likely N-dealkylation sites (tertiary alicyclic amines) is 2. The molecule has 4 rings (SSSR count). The molecule has 0 saturated carbocycles. The zero-order valence-corrected chi connectivity index (χ0v) is 20.5. The number of hydrogen-bond acceptors (Lipinski definition) is 9. The van der Waals surface area contributed by atoms with Gasteiger partial charge in [-0.1, -0.05) is 24.3 Å². The molecule has 0 N–H and O–H groups in total. The minimum atomic E-state index is -1.78. The fourth-order valence-electron chi connectivity index (χ4n) is 6.21. The van der Waals surface area contributed by atoms with Crippen LogP contribution in [-0.2, 0) is 23.9 Å². The second-order valence-corrected chi connectivity index (χ2v) is 9.37. The molecule has 2 aliphatic heterocycles. The van der Waals surface area contributed by atoms with Gasteiger partial charge in [0.25, 0.3) is 0 Å². The molecule has 184 valence electrons. The number of carbonyl (C=O) groups excluding carboxylic acids is 3. The monoisotopic (exact) mass is 486 g/mol. The Morgan fingerprint density at radius 3 is 1.64 bits per heavy atom. The lowest BCUT2D eigenvalue weighted by molar-refractivity contribution is -0.202. The van der Waals surface area contributed by atoms with E-state index in [1.807, 2.05) is 4.90 Å². The Hall–Kier alpha value is -4.05. The fourth-order valence-corrected chi connectivity index (χ4v) is 6.21. The third-order valence-corrected chi connectivity index (χ3v) is 7.36. The average molecular weight is 487 g/mol. The number of ketones is 1. The van der Waals surface area contributed by atoms with Gasteiger partial charge in [0, 0.05) is 13.1 Å². The Kier molecular flexibility index (Phi) is 6.40. The van der Waals surface area contributed by atoms with Crippen LogP contribution < -0.4 is 0 Å². The standard InChI is InChI=1S/C27H26N4O5/c1-30-15-26(24(33)35-3)21(19-9-5-7-17(11-19)13-28)31(2)22(20-10-6-8-18(12-20)14-29)27(16-30,23(26)32)25(34)36-4/h5-12,21-22H,15-16H2,1-4H3/t21-,22+,26-,27+. The molecular formula is C27H26N4O5. The average Bonchev–Trinajstić information content (AvgIpc) is 2.89. The van der Waals surface area contributed by atoms with Crippen molar-refractivity contribution in [3.63, 3.8) is 0 Å². The van der Waals surface area contributed by atoms with Crippen LogP contribution in [0.5, 0.6) is 0 Å². The lowest BCUT2D eigenvalue weighted by Crippen LogP contribution is -2.75. The molecule has 2 heterocycles. The van der Waals surface area contributed by atoms with Crippen molar-refractivity contribution in [1.29, 1.82) is 10.5 Å². The molecule has 2 bridgehead atoms. The molecule has 0 amide bonds. The van der Waals surface area contributed by atoms with Crippen LogP contribution in [0.1, 0.15) is 34.3 Å². The van der Waals surface area contributed by atoms with E-state index in [1.54, 1.807) is 67.5 Å². The van der Waals surface area contributed by atoms with E-state index in [0.717, 1.165) is 0 Å². The van der Waals surface area contributed by atoms with Gasteiger partial charge in [-0.15, -0.1) is 0 Å². The predicted molar refractivity (Wildman–Crippen MR) is 127 cm³/mol. The summed E-state index contributed by atoms with van der Waals surface area (Å²) < 4.78 is 10.4. The first kappa shape index (κ1) is 25.1. The molecule has 36 heavy (non-hydrogen) atoms. The van der Waals surface area contributed by atoms with Crippen LogP contribution in [0, 0.1) is 33.5 Å². The number of Topliss-reactive ketones (excluding diaryl/α,β-unsaturated/α-hetero) is 1. The minimum absolute atomic E-state index is 0.00793. The van der Waals surface area contributed by atoms with Gasteiger partial charge < -0.3 is 14.4 Å². The fraction of sp³-hybridized carbons (Fsp3) is 0.370. The van der Waals surface area contributed by atoms with Crippen LogP contribution in [0.4, 0.5) is 0 Å². The van der Waals surface area contributed by atoms with E-state index < -0.39 is 40.6 Å². The Bertz CT molecular complexity index is 1230. The highest BCUT2D eigenvalue weighted by molar-refractivity contribution is 6.17. The number of rotatable bonds is 4. The van der Waals surface area contributed by atoms with Crippen molar-refractivity contribution in [1.82, 2.24) is 9.80 Å². The molecule has 2 fully saturated rings. The molecule has 4 atom stereocenters. The maximum atomic E-state index is 14.6. The summed E-state index contributed by atoms with van der Waals surface area (Å²) in [7, 11) is 5.90. The van der Waals surface area contributed by atoms with Crippen LogP contribution in [0.3, 0.4) is 0 Å². The number of carbonyl (C=O) groups is 3. The molecule has 2 aromatic rings. The van der Waals surface area contributed by atoms with Gasteiger partial charge in [-0.3, -0.25) is 19.3 Å². The van der Waals surface area contributed by atoms with E-state index in [2.05, 4.69) is 12.1 Å². The van der Waals surface area contributed by atoms with E-state index in [-0.39, 0.29) is 13.1 Å². The number of nitrogens with zero attached hydrogens (tertiary/aromatic N) is 4. The van der Waals surface area contributed by atoms with E-state index >= 15 is 0 Å². The lowest BCUT2D eigenvalue weighted by Gasteiger charge is -2.60. The molecule has 2 aliphatic rings. The normalized spacial score (nSPS) is 28.0. The Morgan fingerprint density at radius 2 is 1.28 bits per heavy atom. The van der Waals surface area contributed by atoms with Gasteiger partial charge in [0.05, 0.1) is 49.6 Å². The number of benzene rings is 2. The van der Waals surface area contributed by atoms with E-state index in [4.69, 9.17) is 9.47 Å². The first-order valence-corrected chi connectivity index (χ1v) is 11.3. The van der Waals surface area contributed by atoms with Crippen LogP contribution in [0.15, 0.2) is 48.5 Å². The topological polar surface area (TPSA) is 124 Å². The van der Waals surface area contributed by atoms with Gasteiger partial charge >= 0.3 is 11.9 Å². The summed E-state index contributed by atoms with van der Waals surface area (Å²) in [6, 6.07) is 15.9. The van der Waals surface area contributed by atoms with Gasteiger partial charge in [0.1, 0.15) is 0 Å². The van der Waals surface area contributed by atoms with Crippen LogP contribution in [0.2, 0.25) is 0 Å². The Labute approximate surface area is 209 Å². The maximum Gasteiger partial charge on any atom is 0.322 e. The summed E-state index contributed by atoms with van der Waals surface area (Å²) in [5, 5.41) is 19.1. The minimum Gasteiger partial charge on any atom is -0.468 e. The summed E-state index contributed by atoms with van der Waals surface area (Å²) in [6.45, 7) is 0.0159. The van der Waals surface area contributed by atoms with Crippen LogP contribution in [-0.4, -0.2) is 68.9 Å². The smallest absolute Gasteiger partial charge is 0.322 e. The highest BCUT2D eigenvalue weighted by Crippen LogP contribution is 2.60. The first-order valence-electron chi connectivity index (χ1n) is 11.3. The van der Waals surface area contributed by atoms with E-state index in [0.29, 0.717) is 22.3 Å². The van der Waals surface area contributed by atoms with Crippen molar-refractivity contribution in [3.8, 4) is 12.1 Å². The molecule has 2 saturated heterocycles. The molecular weight excluding hydrogens is 460 g/mol. The lowest BCUT2D eigenvalue weighted by atomic mass is 9.54. The van der Waals surface area contributed by atoms with Crippen molar-refractivity contribution in [2.45, 2.75) is 12.1 Å². The molecule has 9 nitrogen and oxygen atoms in total. The third kappa shape index (κ3) is 3.40. The molecule has 9 heteroatoms. The van der Waals surface area contributed by atoms with Gasteiger partial charge in [-0.05, 0) is 49.5 Å². The van der Waals surface area contributed by atoms with Crippen LogP contribution >= 0.6 is 0 Å². The Balaban J connectivity index is 2.10. The van der Waals surface area contributed by atoms with Crippen molar-refractivity contribution < 1.29 is 23.9 Å². The quantitative estimate of drug-likeness (QED) is 0.471. The molecule has 0 aliphatic carbocycles. The Morgan fingerprint density at radius 1 is 0.861 bits per heavy atom. The molecule has 0 radical (unpaired) electrons. The summed E-state index contributed by atoms with van der Waals surface area (Å²) in [5.41, 5.74) is -1.70. The van der Waals surface area contributed by atoms with Gasteiger partial charge in [-0.2, -0.15) is 10.5 Å². The van der Waals surface area contributed by atoms with Gasteiger partial charge in [0.2, 0.25) is 0 Å². The molecule has 2 aromatic carbocycles. The highest BCUT2D eigenvalue weighted by Gasteiger charge is 2.74. The maximum absolute atomic E-state index is 14.6. The van der Waals surface area contributed by atoms with Crippen molar-refractivity contribution >= 4 is 17.7 Å². The molecule has 0 spiro atoms. The summed E-state index contributed by atoms with van der Waals surface area (Å²) in [6.07, 6.45) is 0. The third-order valence-electron chi connectivity index (χ3n) is 7.36. The number of piperidine rings is 2. The van der Waals surface area contributed by atoms with Crippen molar-refractivity contribution in [2.24, 2.45) is 10.8 Å². The number of esters is 2. The van der Waals surface area contributed by atoms with E-state index in [9.17, 15) is 24.9 Å². The summed E-state index contributed by atoms with van der Waals surface area (Å²) in [4.78, 5) is 45.4. The second kappa shape index (κ2) is 9.19. The number of ether oxygens (including phenoxy) is 2. The summed E-state index contributed by atoms with van der Waals surface area (Å²) in [5.74, 6) is -2.13. The highest BCUT2D eigenvalue weighted by atomic mass is 16.5. The van der Waals surface area contributed by atoms with Gasteiger partial charge in [-0.25, -0.2) is 0 Å². The largest absolute Gasteiger partial charge is 0.468 e. The van der Waals surface area contributed by atoms with Gasteiger partial charge in [0.15, 0.2) is 16.6 Å². The predicted octanol–water partition coefficient (Wildman–Crippen LogP) is 1.99. The number of fused-ring (bicyclic) bond motifs is 2. The van der Waals surface area contributed by atoms with Crippen molar-refractivity contribution in [2.75, 3.05) is 41.4 Å². The van der Waals surface area contributed by atoms with E-state index in [1.165, 1.54) is 14.2 Å².